The Kier molecular flexibility index (Phi) is 5.67. The third-order valence-corrected chi connectivity index (χ3v) is 2.42. The van der Waals surface area contributed by atoms with Gasteiger partial charge in [-0.2, -0.15) is 15.0 Å². The molecule has 0 saturated carbocycles. The second-order valence-electron chi connectivity index (χ2n) is 2.58. The number of aromatic nitrogens is 3. The molecule has 0 aliphatic rings. The van der Waals surface area contributed by atoms with Gasteiger partial charge in [0.2, 0.25) is 11.2 Å². The maximum Gasteiger partial charge on any atom is 0.228 e. The lowest BCUT2D eigenvalue weighted by atomic mass is 10.7. The van der Waals surface area contributed by atoms with Crippen molar-refractivity contribution in [2.45, 2.75) is 12.1 Å². The first kappa shape index (κ1) is 12.5. The molecule has 0 bridgehead atoms. The summed E-state index contributed by atoms with van der Waals surface area (Å²) in [5.41, 5.74) is 0. The highest BCUT2D eigenvalue weighted by Gasteiger charge is 2.04. The molecule has 0 saturated heterocycles. The van der Waals surface area contributed by atoms with Crippen molar-refractivity contribution in [3.63, 3.8) is 0 Å². The highest BCUT2D eigenvalue weighted by molar-refractivity contribution is 7.99. The van der Waals surface area contributed by atoms with E-state index in [1.165, 1.54) is 11.8 Å². The number of hydrogen-bond donors (Lipinski definition) is 1. The van der Waals surface area contributed by atoms with Gasteiger partial charge in [0.05, 0.1) is 6.61 Å². The summed E-state index contributed by atoms with van der Waals surface area (Å²) >= 11 is 7.24. The quantitative estimate of drug-likeness (QED) is 0.611. The summed E-state index contributed by atoms with van der Waals surface area (Å²) in [5, 5.41) is 3.81. The Morgan fingerprint density at radius 2 is 2.20 bits per heavy atom. The van der Waals surface area contributed by atoms with E-state index in [9.17, 15) is 0 Å². The van der Waals surface area contributed by atoms with Crippen LogP contribution < -0.4 is 5.32 Å². The van der Waals surface area contributed by atoms with Gasteiger partial charge in [-0.05, 0) is 18.5 Å². The van der Waals surface area contributed by atoms with Gasteiger partial charge in [0.25, 0.3) is 0 Å². The minimum absolute atomic E-state index is 0.209. The monoisotopic (exact) mass is 248 g/mol. The van der Waals surface area contributed by atoms with Crippen molar-refractivity contribution in [2.24, 2.45) is 0 Å². The summed E-state index contributed by atoms with van der Waals surface area (Å²) in [4.78, 5) is 12.1. The molecule has 1 aromatic heterocycles. The van der Waals surface area contributed by atoms with E-state index in [4.69, 9.17) is 16.3 Å². The van der Waals surface area contributed by atoms with Crippen molar-refractivity contribution in [1.29, 1.82) is 0 Å². The predicted octanol–water partition coefficient (Wildman–Crippen LogP) is 1.70. The number of nitrogens with one attached hydrogen (secondary N) is 1. The standard InChI is InChI=1S/C8H13ClN4OS/c1-3-10-7-11-6(9)12-8(13-7)15-5-4-14-2/h3-5H2,1-2H3,(H,10,11,12,13). The Morgan fingerprint density at radius 3 is 2.87 bits per heavy atom. The van der Waals surface area contributed by atoms with Crippen molar-refractivity contribution in [1.82, 2.24) is 15.0 Å². The Labute approximate surface area is 98.0 Å². The van der Waals surface area contributed by atoms with Gasteiger partial charge in [-0.3, -0.25) is 0 Å². The number of anilines is 1. The Hall–Kier alpha value is -0.590. The predicted molar refractivity (Wildman–Crippen MR) is 61.6 cm³/mol. The van der Waals surface area contributed by atoms with Gasteiger partial charge in [-0.1, -0.05) is 11.8 Å². The van der Waals surface area contributed by atoms with Gasteiger partial charge in [0, 0.05) is 19.4 Å². The molecule has 5 nitrogen and oxygen atoms in total. The van der Waals surface area contributed by atoms with Crippen LogP contribution in [0.15, 0.2) is 5.16 Å². The lowest BCUT2D eigenvalue weighted by Gasteiger charge is -2.04. The van der Waals surface area contributed by atoms with Crippen LogP contribution in [0.1, 0.15) is 6.92 Å². The minimum Gasteiger partial charge on any atom is -0.384 e. The second kappa shape index (κ2) is 6.81. The molecule has 15 heavy (non-hydrogen) atoms. The molecule has 0 aromatic carbocycles. The third kappa shape index (κ3) is 4.63. The van der Waals surface area contributed by atoms with Crippen molar-refractivity contribution in [3.05, 3.63) is 5.28 Å². The first-order valence-electron chi connectivity index (χ1n) is 4.53. The highest BCUT2D eigenvalue weighted by Crippen LogP contribution is 2.16. The second-order valence-corrected chi connectivity index (χ2v) is 3.98. The molecular weight excluding hydrogens is 236 g/mol. The molecule has 0 fully saturated rings. The van der Waals surface area contributed by atoms with Crippen LogP contribution in [0.5, 0.6) is 0 Å². The van der Waals surface area contributed by atoms with Gasteiger partial charge < -0.3 is 10.1 Å². The zero-order valence-corrected chi connectivity index (χ0v) is 10.2. The molecule has 1 N–H and O–H groups in total. The van der Waals surface area contributed by atoms with E-state index in [2.05, 4.69) is 20.3 Å². The van der Waals surface area contributed by atoms with Crippen molar-refractivity contribution >= 4 is 29.3 Å². The molecule has 1 aromatic rings. The van der Waals surface area contributed by atoms with E-state index in [0.29, 0.717) is 17.7 Å². The minimum atomic E-state index is 0.209. The highest BCUT2D eigenvalue weighted by atomic mass is 35.5. The van der Waals surface area contributed by atoms with Gasteiger partial charge in [-0.15, -0.1) is 0 Å². The summed E-state index contributed by atoms with van der Waals surface area (Å²) in [6, 6.07) is 0. The summed E-state index contributed by atoms with van der Waals surface area (Å²) in [5.74, 6) is 1.31. The molecule has 84 valence electrons. The molecule has 0 amide bonds. The summed E-state index contributed by atoms with van der Waals surface area (Å²) in [7, 11) is 1.66. The molecule has 0 unspecified atom stereocenters. The first-order valence-corrected chi connectivity index (χ1v) is 5.89. The van der Waals surface area contributed by atoms with Crippen LogP contribution in [0.25, 0.3) is 0 Å². The number of rotatable bonds is 6. The van der Waals surface area contributed by atoms with Crippen molar-refractivity contribution in [2.75, 3.05) is 31.3 Å². The van der Waals surface area contributed by atoms with Crippen LogP contribution in [0.4, 0.5) is 5.95 Å². The van der Waals surface area contributed by atoms with Crippen molar-refractivity contribution < 1.29 is 4.74 Å². The number of halogens is 1. The maximum absolute atomic E-state index is 5.75. The maximum atomic E-state index is 5.75. The van der Waals surface area contributed by atoms with E-state index in [1.807, 2.05) is 6.92 Å². The van der Waals surface area contributed by atoms with E-state index < -0.39 is 0 Å². The molecule has 0 atom stereocenters. The summed E-state index contributed by atoms with van der Waals surface area (Å²) in [6.45, 7) is 3.38. The summed E-state index contributed by atoms with van der Waals surface area (Å²) < 4.78 is 4.93. The molecule has 7 heteroatoms. The average Bonchev–Trinajstić information content (AvgIpc) is 2.18. The van der Waals surface area contributed by atoms with Crippen LogP contribution >= 0.6 is 23.4 Å². The SMILES string of the molecule is CCNc1nc(Cl)nc(SCCOC)n1. The van der Waals surface area contributed by atoms with E-state index in [0.717, 1.165) is 12.3 Å². The largest absolute Gasteiger partial charge is 0.384 e. The summed E-state index contributed by atoms with van der Waals surface area (Å²) in [6.07, 6.45) is 0. The van der Waals surface area contributed by atoms with Crippen LogP contribution in [0.3, 0.4) is 0 Å². The lowest BCUT2D eigenvalue weighted by Crippen LogP contribution is -2.05. The number of nitrogens with zero attached hydrogens (tertiary/aromatic N) is 3. The molecule has 0 spiro atoms. The van der Waals surface area contributed by atoms with Gasteiger partial charge in [0.1, 0.15) is 0 Å². The number of methoxy groups -OCH3 is 1. The fourth-order valence-corrected chi connectivity index (χ4v) is 1.79. The van der Waals surface area contributed by atoms with Gasteiger partial charge >= 0.3 is 0 Å². The van der Waals surface area contributed by atoms with Crippen LogP contribution in [-0.4, -0.2) is 41.0 Å². The zero-order chi connectivity index (χ0) is 11.1. The van der Waals surface area contributed by atoms with Crippen LogP contribution in [0, 0.1) is 0 Å². The number of thioether (sulfide) groups is 1. The van der Waals surface area contributed by atoms with E-state index in [1.54, 1.807) is 7.11 Å². The zero-order valence-electron chi connectivity index (χ0n) is 8.66. The Morgan fingerprint density at radius 1 is 1.40 bits per heavy atom. The Bertz CT molecular complexity index is 313. The molecule has 0 aliphatic heterocycles. The van der Waals surface area contributed by atoms with Crippen LogP contribution in [-0.2, 0) is 4.74 Å². The normalized spacial score (nSPS) is 10.3. The molecular formula is C8H13ClN4OS. The molecule has 1 heterocycles. The average molecular weight is 249 g/mol. The molecule has 1 rings (SSSR count). The molecule has 0 radical (unpaired) electrons. The van der Waals surface area contributed by atoms with E-state index in [-0.39, 0.29) is 5.28 Å². The topological polar surface area (TPSA) is 59.9 Å². The number of hydrogen-bond acceptors (Lipinski definition) is 6. The smallest absolute Gasteiger partial charge is 0.228 e. The van der Waals surface area contributed by atoms with Crippen molar-refractivity contribution in [3.8, 4) is 0 Å². The lowest BCUT2D eigenvalue weighted by molar-refractivity contribution is 0.218. The number of ether oxygens (including phenoxy) is 1. The third-order valence-electron chi connectivity index (χ3n) is 1.44. The molecule has 0 aliphatic carbocycles. The first-order chi connectivity index (χ1) is 7.26. The van der Waals surface area contributed by atoms with Gasteiger partial charge in [0.15, 0.2) is 5.16 Å². The fraction of sp³-hybridized carbons (Fsp3) is 0.625. The van der Waals surface area contributed by atoms with E-state index >= 15 is 0 Å². The van der Waals surface area contributed by atoms with Crippen LogP contribution in [0.2, 0.25) is 5.28 Å². The fourth-order valence-electron chi connectivity index (χ4n) is 0.850. The Balaban J connectivity index is 2.62. The van der Waals surface area contributed by atoms with Gasteiger partial charge in [-0.25, -0.2) is 0 Å².